The molecule has 0 spiro atoms. The molecule has 0 bridgehead atoms. The third-order valence-electron chi connectivity index (χ3n) is 4.90. The number of unbranched alkanes of at least 4 members (excludes halogenated alkanes) is 2. The van der Waals surface area contributed by atoms with Crippen LogP contribution in [0.5, 0.6) is 0 Å². The highest BCUT2D eigenvalue weighted by atomic mass is 32.2. The van der Waals surface area contributed by atoms with E-state index in [1.165, 1.54) is 6.42 Å². The lowest BCUT2D eigenvalue weighted by Crippen LogP contribution is -2.68. The maximum Gasteiger partial charge on any atom is 0.304 e. The molecule has 0 saturated carbocycles. The Labute approximate surface area is 151 Å². The molecule has 0 amide bonds. The fourth-order valence-electron chi connectivity index (χ4n) is 4.27. The molecule has 1 aromatic rings. The van der Waals surface area contributed by atoms with Crippen LogP contribution in [0.3, 0.4) is 0 Å². The van der Waals surface area contributed by atoms with Gasteiger partial charge in [0.2, 0.25) is 0 Å². The number of likely N-dealkylation sites (tertiary alicyclic amines) is 1. The first kappa shape index (κ1) is 19.9. The van der Waals surface area contributed by atoms with Gasteiger partial charge in [-0.25, -0.2) is 8.42 Å². The zero-order valence-electron chi connectivity index (χ0n) is 15.5. The second kappa shape index (κ2) is 7.46. The molecule has 1 fully saturated rings. The predicted molar refractivity (Wildman–Crippen MR) is 98.3 cm³/mol. The Balaban J connectivity index is 2.10. The van der Waals surface area contributed by atoms with Crippen LogP contribution in [-0.2, 0) is 21.1 Å². The number of hydrogen-bond acceptors (Lipinski definition) is 3. The van der Waals surface area contributed by atoms with E-state index in [1.807, 2.05) is 26.2 Å². The summed E-state index contributed by atoms with van der Waals surface area (Å²) >= 11 is 0. The summed E-state index contributed by atoms with van der Waals surface area (Å²) in [6, 6.07) is 7.11. The highest BCUT2D eigenvalue weighted by Gasteiger charge is 2.55. The first-order chi connectivity index (χ1) is 11.6. The summed E-state index contributed by atoms with van der Waals surface area (Å²) in [4.78, 5) is 11.5. The average molecular weight is 369 g/mol. The van der Waals surface area contributed by atoms with Crippen LogP contribution in [0.25, 0.3) is 0 Å². The number of quaternary nitrogens is 1. The van der Waals surface area contributed by atoms with Crippen molar-refractivity contribution in [2.45, 2.75) is 43.9 Å². The Bertz CT molecular complexity index is 699. The molecule has 1 N–H and O–H groups in total. The van der Waals surface area contributed by atoms with Crippen molar-refractivity contribution in [2.24, 2.45) is 5.41 Å². The maximum atomic E-state index is 12.8. The third-order valence-corrected chi connectivity index (χ3v) is 6.88. The molecular formula is C19H30NO4S+. The van der Waals surface area contributed by atoms with Gasteiger partial charge in [-0.2, -0.15) is 0 Å². The molecule has 1 aromatic carbocycles. The number of carboxylic acid groups (broad SMARTS) is 1. The second-order valence-corrected chi connectivity index (χ2v) is 10.2. The fraction of sp³-hybridized carbons (Fsp3) is 0.632. The number of rotatable bonds is 9. The highest BCUT2D eigenvalue weighted by molar-refractivity contribution is 7.91. The van der Waals surface area contributed by atoms with Gasteiger partial charge in [0.05, 0.1) is 49.7 Å². The largest absolute Gasteiger partial charge is 0.481 e. The van der Waals surface area contributed by atoms with Crippen molar-refractivity contribution in [3.8, 4) is 0 Å². The maximum absolute atomic E-state index is 12.8. The normalized spacial score (nSPS) is 18.5. The Morgan fingerprint density at radius 2 is 1.76 bits per heavy atom. The predicted octanol–water partition coefficient (Wildman–Crippen LogP) is 2.74. The second-order valence-electron chi connectivity index (χ2n) is 8.18. The van der Waals surface area contributed by atoms with Crippen LogP contribution in [-0.4, -0.2) is 56.9 Å². The molecule has 0 unspecified atom stereocenters. The molecular weight excluding hydrogens is 338 g/mol. The van der Waals surface area contributed by atoms with E-state index in [1.54, 1.807) is 12.1 Å². The number of aliphatic carboxylic acids is 1. The molecule has 0 aromatic heterocycles. The SMILES string of the molecule is CCCCCc1ccc(S(=O)(=O)CC2(CC(=O)O)C[N+](C)(C)C2)cc1. The Kier molecular flexibility index (Phi) is 5.94. The zero-order chi connectivity index (χ0) is 18.7. The molecule has 25 heavy (non-hydrogen) atoms. The number of carbonyl (C=O) groups is 1. The molecule has 140 valence electrons. The molecule has 0 radical (unpaired) electrons. The number of aryl methyl sites for hydroxylation is 1. The van der Waals surface area contributed by atoms with E-state index in [0.717, 1.165) is 24.8 Å². The van der Waals surface area contributed by atoms with Crippen molar-refractivity contribution in [2.75, 3.05) is 32.9 Å². The molecule has 0 aliphatic carbocycles. The van der Waals surface area contributed by atoms with Crippen molar-refractivity contribution >= 4 is 15.8 Å². The standard InChI is InChI=1S/C19H29NO4S/c1-4-5-6-7-16-8-10-17(11-9-16)25(23,24)15-19(12-18(21)22)13-20(2,3)14-19/h8-11H,4-7,12-15H2,1-3H3/p+1. The summed E-state index contributed by atoms with van der Waals surface area (Å²) in [6.45, 7) is 3.31. The third kappa shape index (κ3) is 5.28. The molecule has 6 heteroatoms. The highest BCUT2D eigenvalue weighted by Crippen LogP contribution is 2.40. The molecule has 0 atom stereocenters. The minimum atomic E-state index is -3.49. The van der Waals surface area contributed by atoms with Crippen molar-refractivity contribution < 1.29 is 22.8 Å². The molecule has 2 rings (SSSR count). The van der Waals surface area contributed by atoms with Gasteiger partial charge in [0.15, 0.2) is 9.84 Å². The van der Waals surface area contributed by atoms with Crippen LogP contribution in [0.15, 0.2) is 29.2 Å². The van der Waals surface area contributed by atoms with Crippen molar-refractivity contribution in [1.82, 2.24) is 0 Å². The van der Waals surface area contributed by atoms with Gasteiger partial charge < -0.3 is 9.59 Å². The number of hydrogen-bond donors (Lipinski definition) is 1. The molecule has 5 nitrogen and oxygen atoms in total. The van der Waals surface area contributed by atoms with Crippen molar-refractivity contribution in [1.29, 1.82) is 0 Å². The summed E-state index contributed by atoms with van der Waals surface area (Å²) in [5.74, 6) is -1.02. The monoisotopic (exact) mass is 368 g/mol. The van der Waals surface area contributed by atoms with Crippen LogP contribution < -0.4 is 0 Å². The number of sulfone groups is 1. The van der Waals surface area contributed by atoms with E-state index in [4.69, 9.17) is 0 Å². The summed E-state index contributed by atoms with van der Waals surface area (Å²) < 4.78 is 26.3. The Morgan fingerprint density at radius 3 is 2.24 bits per heavy atom. The summed E-state index contributed by atoms with van der Waals surface area (Å²) in [5.41, 5.74) is 0.489. The fourth-order valence-corrected chi connectivity index (χ4v) is 6.08. The first-order valence-corrected chi connectivity index (χ1v) is 10.6. The van der Waals surface area contributed by atoms with Crippen molar-refractivity contribution in [3.63, 3.8) is 0 Å². The van der Waals surface area contributed by atoms with Crippen molar-refractivity contribution in [3.05, 3.63) is 29.8 Å². The van der Waals surface area contributed by atoms with E-state index in [0.29, 0.717) is 22.5 Å². The lowest BCUT2D eigenvalue weighted by atomic mass is 9.77. The summed E-state index contributed by atoms with van der Waals surface area (Å²) in [6.07, 6.45) is 4.31. The van der Waals surface area contributed by atoms with Gasteiger partial charge in [-0.1, -0.05) is 31.9 Å². The number of nitrogens with zero attached hydrogens (tertiary/aromatic N) is 1. The molecule has 1 aliphatic rings. The molecule has 1 saturated heterocycles. The zero-order valence-corrected chi connectivity index (χ0v) is 16.3. The quantitative estimate of drug-likeness (QED) is 0.537. The number of benzene rings is 1. The van der Waals surface area contributed by atoms with Gasteiger partial charge in [-0.05, 0) is 30.5 Å². The Hall–Kier alpha value is -1.40. The van der Waals surface area contributed by atoms with E-state index in [-0.39, 0.29) is 12.2 Å². The minimum absolute atomic E-state index is 0.0941. The minimum Gasteiger partial charge on any atom is -0.481 e. The lowest BCUT2D eigenvalue weighted by Gasteiger charge is -2.52. The average Bonchev–Trinajstić information content (AvgIpc) is 2.44. The van der Waals surface area contributed by atoms with Gasteiger partial charge in [0, 0.05) is 0 Å². The number of carboxylic acids is 1. The molecule has 1 aliphatic heterocycles. The van der Waals surface area contributed by atoms with Crippen LogP contribution in [0.4, 0.5) is 0 Å². The van der Waals surface area contributed by atoms with Gasteiger partial charge in [0.1, 0.15) is 0 Å². The Morgan fingerprint density at radius 1 is 1.16 bits per heavy atom. The molecule has 1 heterocycles. The van der Waals surface area contributed by atoms with Gasteiger partial charge in [0.25, 0.3) is 0 Å². The van der Waals surface area contributed by atoms with E-state index in [2.05, 4.69) is 6.92 Å². The van der Waals surface area contributed by atoms with Crippen LogP contribution >= 0.6 is 0 Å². The van der Waals surface area contributed by atoms with Crippen LogP contribution in [0.2, 0.25) is 0 Å². The summed E-state index contributed by atoms with van der Waals surface area (Å²) in [7, 11) is 0.506. The van der Waals surface area contributed by atoms with E-state index < -0.39 is 21.2 Å². The van der Waals surface area contributed by atoms with E-state index in [9.17, 15) is 18.3 Å². The first-order valence-electron chi connectivity index (χ1n) is 8.93. The van der Waals surface area contributed by atoms with Gasteiger partial charge >= 0.3 is 5.97 Å². The van der Waals surface area contributed by atoms with Gasteiger partial charge in [-0.3, -0.25) is 4.79 Å². The van der Waals surface area contributed by atoms with Crippen LogP contribution in [0, 0.1) is 5.41 Å². The smallest absolute Gasteiger partial charge is 0.304 e. The van der Waals surface area contributed by atoms with Crippen LogP contribution in [0.1, 0.15) is 38.2 Å². The topological polar surface area (TPSA) is 71.4 Å². The van der Waals surface area contributed by atoms with E-state index >= 15 is 0 Å². The van der Waals surface area contributed by atoms with Gasteiger partial charge in [-0.15, -0.1) is 0 Å². The summed E-state index contributed by atoms with van der Waals surface area (Å²) in [5, 5.41) is 9.19. The lowest BCUT2D eigenvalue weighted by molar-refractivity contribution is -0.948.